The molecule has 3 nitrogen and oxygen atoms in total. The van der Waals surface area contributed by atoms with E-state index in [0.717, 1.165) is 25.7 Å². The summed E-state index contributed by atoms with van der Waals surface area (Å²) in [5.41, 5.74) is 3.34. The minimum Gasteiger partial charge on any atom is -0.393 e. The Kier molecular flexibility index (Phi) is 7.37. The van der Waals surface area contributed by atoms with Gasteiger partial charge in [0.15, 0.2) is 0 Å². The van der Waals surface area contributed by atoms with Crippen molar-refractivity contribution >= 4 is 0 Å². The van der Waals surface area contributed by atoms with Crippen LogP contribution in [0.25, 0.3) is 0 Å². The molecule has 3 saturated carbocycles. The summed E-state index contributed by atoms with van der Waals surface area (Å²) >= 11 is 0. The van der Waals surface area contributed by atoms with Crippen LogP contribution >= 0.6 is 0 Å². The van der Waals surface area contributed by atoms with Crippen LogP contribution in [-0.2, 0) is 0 Å². The van der Waals surface area contributed by atoms with Crippen molar-refractivity contribution in [3.8, 4) is 0 Å². The Morgan fingerprint density at radius 1 is 1.17 bits per heavy atom. The number of fused-ring (bicyclic) bond motifs is 1. The molecule has 0 aromatic rings. The molecule has 3 heteroatoms. The summed E-state index contributed by atoms with van der Waals surface area (Å²) in [6.45, 7) is 12.5. The van der Waals surface area contributed by atoms with E-state index >= 15 is 0 Å². The quantitative estimate of drug-likeness (QED) is 0.520. The van der Waals surface area contributed by atoms with Crippen LogP contribution in [0.1, 0.15) is 91.9 Å². The molecule has 0 amide bonds. The van der Waals surface area contributed by atoms with Crippen molar-refractivity contribution in [3.63, 3.8) is 0 Å². The van der Waals surface area contributed by atoms with Crippen LogP contribution in [0.4, 0.5) is 0 Å². The van der Waals surface area contributed by atoms with E-state index in [1.807, 2.05) is 0 Å². The summed E-state index contributed by atoms with van der Waals surface area (Å²) in [6, 6.07) is 0. The molecule has 30 heavy (non-hydrogen) atoms. The third-order valence-corrected chi connectivity index (χ3v) is 8.62. The maximum absolute atomic E-state index is 10.3. The van der Waals surface area contributed by atoms with Gasteiger partial charge in [-0.05, 0) is 107 Å². The minimum absolute atomic E-state index is 0.215. The van der Waals surface area contributed by atoms with Crippen LogP contribution in [0.15, 0.2) is 35.5 Å². The fourth-order valence-corrected chi connectivity index (χ4v) is 6.58. The highest BCUT2D eigenvalue weighted by atomic mass is 16.3. The molecule has 3 rings (SSSR count). The average molecular weight is 417 g/mol. The molecular formula is C27H44O3. The van der Waals surface area contributed by atoms with E-state index in [4.69, 9.17) is 0 Å². The maximum atomic E-state index is 10.3. The predicted octanol–water partition coefficient (Wildman–Crippen LogP) is 5.70. The highest BCUT2D eigenvalue weighted by Gasteiger charge is 2.50. The second-order valence-electron chi connectivity index (χ2n) is 11.3. The summed E-state index contributed by atoms with van der Waals surface area (Å²) in [5, 5.41) is 30.3. The van der Waals surface area contributed by atoms with Gasteiger partial charge in [0.2, 0.25) is 0 Å². The fourth-order valence-electron chi connectivity index (χ4n) is 6.58. The van der Waals surface area contributed by atoms with Gasteiger partial charge in [0, 0.05) is 0 Å². The molecule has 0 radical (unpaired) electrons. The second-order valence-corrected chi connectivity index (χ2v) is 11.3. The van der Waals surface area contributed by atoms with Crippen molar-refractivity contribution < 1.29 is 15.3 Å². The van der Waals surface area contributed by atoms with E-state index in [-0.39, 0.29) is 6.10 Å². The topological polar surface area (TPSA) is 60.7 Å². The average Bonchev–Trinajstić information content (AvgIpc) is 3.03. The summed E-state index contributed by atoms with van der Waals surface area (Å²) in [6.07, 6.45) is 14.1. The first-order valence-electron chi connectivity index (χ1n) is 12.2. The monoisotopic (exact) mass is 416 g/mol. The van der Waals surface area contributed by atoms with Crippen molar-refractivity contribution in [1.82, 2.24) is 0 Å². The second kappa shape index (κ2) is 9.30. The Morgan fingerprint density at radius 3 is 2.60 bits per heavy atom. The SMILES string of the molecule is C=C1CC[C@H](O)C/C1=C/C=C1\CCCC2(C)C1CC[C@@H]2[C@H](C)CC[C@H](O)C(C)(C)O. The molecule has 0 heterocycles. The standard InChI is InChI=1S/C27H44O3/c1-18-8-12-22(28)17-21(18)11-10-20-7-6-16-27(5)23(13-14-24(20)27)19(2)9-15-25(29)26(3,4)30/h10-11,19,22-25,28-30H,1,6-9,12-17H2,2-5H3/b20-10+,21-11-/t19-,22+,23-,24?,25+,27?/m1/s1. The van der Waals surface area contributed by atoms with Gasteiger partial charge < -0.3 is 15.3 Å². The molecule has 0 aromatic carbocycles. The zero-order valence-electron chi connectivity index (χ0n) is 19.7. The predicted molar refractivity (Wildman–Crippen MR) is 124 cm³/mol. The van der Waals surface area contributed by atoms with E-state index in [2.05, 4.69) is 32.6 Å². The van der Waals surface area contributed by atoms with E-state index in [1.165, 1.54) is 43.3 Å². The number of allylic oxidation sites excluding steroid dienone is 4. The molecule has 170 valence electrons. The zero-order valence-corrected chi connectivity index (χ0v) is 19.7. The Labute approximate surface area is 184 Å². The van der Waals surface area contributed by atoms with Crippen molar-refractivity contribution in [2.24, 2.45) is 23.2 Å². The van der Waals surface area contributed by atoms with Crippen LogP contribution in [0.5, 0.6) is 0 Å². The minimum atomic E-state index is -1.02. The Hall–Kier alpha value is -0.900. The Morgan fingerprint density at radius 2 is 1.90 bits per heavy atom. The molecule has 0 bridgehead atoms. The molecule has 2 unspecified atom stereocenters. The number of aliphatic hydroxyl groups excluding tert-OH is 2. The lowest BCUT2D eigenvalue weighted by Gasteiger charge is -2.44. The largest absolute Gasteiger partial charge is 0.393 e. The molecule has 3 N–H and O–H groups in total. The number of rotatable bonds is 6. The Balaban J connectivity index is 1.69. The lowest BCUT2D eigenvalue weighted by Crippen LogP contribution is -2.38. The van der Waals surface area contributed by atoms with Crippen LogP contribution in [0.3, 0.4) is 0 Å². The van der Waals surface area contributed by atoms with Gasteiger partial charge in [-0.3, -0.25) is 0 Å². The van der Waals surface area contributed by atoms with Crippen molar-refractivity contribution in [2.45, 2.75) is 110 Å². The van der Waals surface area contributed by atoms with Gasteiger partial charge >= 0.3 is 0 Å². The normalized spacial score (nSPS) is 37.4. The van der Waals surface area contributed by atoms with Crippen LogP contribution in [-0.4, -0.2) is 33.1 Å². The van der Waals surface area contributed by atoms with Crippen LogP contribution in [0.2, 0.25) is 0 Å². The Bertz CT molecular complexity index is 683. The highest BCUT2D eigenvalue weighted by Crippen LogP contribution is 2.60. The maximum Gasteiger partial charge on any atom is 0.0849 e. The molecule has 0 saturated heterocycles. The van der Waals surface area contributed by atoms with Gasteiger partial charge in [-0.1, -0.05) is 43.7 Å². The smallest absolute Gasteiger partial charge is 0.0849 e. The number of hydrogen-bond donors (Lipinski definition) is 3. The van der Waals surface area contributed by atoms with Gasteiger partial charge in [0.25, 0.3) is 0 Å². The van der Waals surface area contributed by atoms with Gasteiger partial charge in [-0.15, -0.1) is 0 Å². The fraction of sp³-hybridized carbons (Fsp3) is 0.778. The molecule has 6 atom stereocenters. The first kappa shape index (κ1) is 23.8. The lowest BCUT2D eigenvalue weighted by atomic mass is 9.60. The molecule has 0 spiro atoms. The molecule has 3 fully saturated rings. The number of hydrogen-bond acceptors (Lipinski definition) is 3. The highest BCUT2D eigenvalue weighted by molar-refractivity contribution is 5.36. The third-order valence-electron chi connectivity index (χ3n) is 8.62. The van der Waals surface area contributed by atoms with Crippen molar-refractivity contribution in [1.29, 1.82) is 0 Å². The van der Waals surface area contributed by atoms with Crippen molar-refractivity contribution in [3.05, 3.63) is 35.5 Å². The first-order valence-corrected chi connectivity index (χ1v) is 12.2. The number of aliphatic hydroxyl groups is 3. The van der Waals surface area contributed by atoms with E-state index in [0.29, 0.717) is 29.6 Å². The van der Waals surface area contributed by atoms with E-state index in [1.54, 1.807) is 19.4 Å². The van der Waals surface area contributed by atoms with Crippen LogP contribution < -0.4 is 0 Å². The van der Waals surface area contributed by atoms with Gasteiger partial charge in [-0.25, -0.2) is 0 Å². The van der Waals surface area contributed by atoms with E-state index in [9.17, 15) is 15.3 Å². The molecule has 3 aliphatic carbocycles. The van der Waals surface area contributed by atoms with Gasteiger partial charge in [0.1, 0.15) is 0 Å². The summed E-state index contributed by atoms with van der Waals surface area (Å²) in [4.78, 5) is 0. The van der Waals surface area contributed by atoms with E-state index < -0.39 is 11.7 Å². The summed E-state index contributed by atoms with van der Waals surface area (Å²) in [7, 11) is 0. The first-order chi connectivity index (χ1) is 14.0. The third kappa shape index (κ3) is 5.11. The summed E-state index contributed by atoms with van der Waals surface area (Å²) in [5.74, 6) is 1.89. The molecule has 3 aliphatic rings. The molecule has 0 aromatic heterocycles. The van der Waals surface area contributed by atoms with Crippen LogP contribution in [0, 0.1) is 23.2 Å². The summed E-state index contributed by atoms with van der Waals surface area (Å²) < 4.78 is 0. The molecular weight excluding hydrogens is 372 g/mol. The lowest BCUT2D eigenvalue weighted by molar-refractivity contribution is -0.0554. The van der Waals surface area contributed by atoms with Crippen molar-refractivity contribution in [2.75, 3.05) is 0 Å². The molecule has 0 aliphatic heterocycles. The van der Waals surface area contributed by atoms with Gasteiger partial charge in [0.05, 0.1) is 17.8 Å². The van der Waals surface area contributed by atoms with Gasteiger partial charge in [-0.2, -0.15) is 0 Å². The zero-order chi connectivity index (χ0) is 22.1.